The Morgan fingerprint density at radius 3 is 1.48 bits per heavy atom. The molecular weight excluding hydrogens is 336 g/mol. The van der Waals surface area contributed by atoms with Gasteiger partial charge in [-0.25, -0.2) is 0 Å². The second-order valence-corrected chi connectivity index (χ2v) is 6.80. The van der Waals surface area contributed by atoms with Crippen LogP contribution in [0.2, 0.25) is 0 Å². The third-order valence-corrected chi connectivity index (χ3v) is 5.82. The number of aromatic hydroxyl groups is 2. The summed E-state index contributed by atoms with van der Waals surface area (Å²) in [6, 6.07) is 10.7. The van der Waals surface area contributed by atoms with Crippen molar-refractivity contribution in [1.82, 2.24) is 0 Å². The molecule has 1 aromatic heterocycles. The molecule has 0 radical (unpaired) electrons. The number of phenolic OH excluding ortho intramolecular Hbond substituents is 2. The predicted octanol–water partition coefficient (Wildman–Crippen LogP) is 5.13. The average molecular weight is 356 g/mol. The van der Waals surface area contributed by atoms with E-state index in [9.17, 15) is 10.2 Å². The first-order chi connectivity index (χ1) is 12.0. The molecule has 0 saturated heterocycles. The molecule has 0 atom stereocenters. The fourth-order valence-corrected chi connectivity index (χ4v) is 4.09. The fraction of sp³-hybridized carbons (Fsp3) is 0.200. The highest BCUT2D eigenvalue weighted by Crippen LogP contribution is 2.44. The van der Waals surface area contributed by atoms with E-state index in [0.717, 1.165) is 20.9 Å². The molecule has 0 fully saturated rings. The highest BCUT2D eigenvalue weighted by molar-refractivity contribution is 7.19. The lowest BCUT2D eigenvalue weighted by Crippen LogP contribution is -1.85. The summed E-state index contributed by atoms with van der Waals surface area (Å²) in [6.45, 7) is 4.17. The minimum absolute atomic E-state index is 0.126. The van der Waals surface area contributed by atoms with Gasteiger partial charge in [0.2, 0.25) is 0 Å². The van der Waals surface area contributed by atoms with Gasteiger partial charge in [0.25, 0.3) is 0 Å². The number of rotatable bonds is 4. The number of hydrogen-bond acceptors (Lipinski definition) is 5. The molecule has 2 aromatic carbocycles. The molecule has 4 nitrogen and oxygen atoms in total. The Balaban J connectivity index is 2.12. The average Bonchev–Trinajstić information content (AvgIpc) is 2.91. The van der Waals surface area contributed by atoms with E-state index in [1.807, 2.05) is 24.3 Å². The van der Waals surface area contributed by atoms with Crippen molar-refractivity contribution in [3.63, 3.8) is 0 Å². The summed E-state index contributed by atoms with van der Waals surface area (Å²) in [5.74, 6) is 1.16. The molecule has 130 valence electrons. The summed E-state index contributed by atoms with van der Waals surface area (Å²) < 4.78 is 10.4. The van der Waals surface area contributed by atoms with Gasteiger partial charge in [0.1, 0.15) is 0 Å². The van der Waals surface area contributed by atoms with E-state index in [0.29, 0.717) is 11.5 Å². The van der Waals surface area contributed by atoms with Crippen LogP contribution < -0.4 is 9.47 Å². The third kappa shape index (κ3) is 3.03. The highest BCUT2D eigenvalue weighted by Gasteiger charge is 2.17. The minimum Gasteiger partial charge on any atom is -0.504 e. The normalized spacial score (nSPS) is 10.7. The van der Waals surface area contributed by atoms with Crippen molar-refractivity contribution in [1.29, 1.82) is 0 Å². The van der Waals surface area contributed by atoms with E-state index in [2.05, 4.69) is 13.8 Å². The number of methoxy groups -OCH3 is 2. The van der Waals surface area contributed by atoms with Crippen molar-refractivity contribution in [3.05, 3.63) is 47.5 Å². The van der Waals surface area contributed by atoms with Crippen LogP contribution in [0.1, 0.15) is 11.1 Å². The van der Waals surface area contributed by atoms with Crippen LogP contribution in [0.3, 0.4) is 0 Å². The Labute approximate surface area is 150 Å². The first-order valence-corrected chi connectivity index (χ1v) is 8.62. The summed E-state index contributed by atoms with van der Waals surface area (Å²) in [6.07, 6.45) is 0. The lowest BCUT2D eigenvalue weighted by molar-refractivity contribution is 0.373. The van der Waals surface area contributed by atoms with E-state index in [4.69, 9.17) is 9.47 Å². The lowest BCUT2D eigenvalue weighted by atomic mass is 10.0. The number of benzene rings is 2. The first-order valence-electron chi connectivity index (χ1n) is 7.81. The topological polar surface area (TPSA) is 58.9 Å². The van der Waals surface area contributed by atoms with Crippen LogP contribution in [0.25, 0.3) is 20.9 Å². The summed E-state index contributed by atoms with van der Waals surface area (Å²) in [7, 11) is 3.08. The van der Waals surface area contributed by atoms with Crippen LogP contribution in [-0.4, -0.2) is 24.4 Å². The van der Waals surface area contributed by atoms with Crippen molar-refractivity contribution in [2.24, 2.45) is 0 Å². The predicted molar refractivity (Wildman–Crippen MR) is 101 cm³/mol. The van der Waals surface area contributed by atoms with Gasteiger partial charge in [0.05, 0.1) is 14.2 Å². The molecule has 3 aromatic rings. The van der Waals surface area contributed by atoms with Crippen molar-refractivity contribution < 1.29 is 19.7 Å². The maximum absolute atomic E-state index is 9.81. The van der Waals surface area contributed by atoms with Gasteiger partial charge in [-0.2, -0.15) is 0 Å². The largest absolute Gasteiger partial charge is 0.504 e. The van der Waals surface area contributed by atoms with Crippen LogP contribution in [0.4, 0.5) is 0 Å². The zero-order chi connectivity index (χ0) is 18.1. The smallest absolute Gasteiger partial charge is 0.161 e. The molecular formula is C20H20O4S. The maximum atomic E-state index is 9.81. The summed E-state index contributed by atoms with van der Waals surface area (Å²) >= 11 is 1.67. The zero-order valence-corrected chi connectivity index (χ0v) is 15.4. The summed E-state index contributed by atoms with van der Waals surface area (Å²) in [5.41, 5.74) is 4.36. The summed E-state index contributed by atoms with van der Waals surface area (Å²) in [5, 5.41) is 19.6. The van der Waals surface area contributed by atoms with Crippen LogP contribution in [0.5, 0.6) is 23.0 Å². The van der Waals surface area contributed by atoms with Crippen LogP contribution >= 0.6 is 11.3 Å². The molecule has 0 bridgehead atoms. The molecule has 0 unspecified atom stereocenters. The van der Waals surface area contributed by atoms with Crippen LogP contribution in [0, 0.1) is 13.8 Å². The van der Waals surface area contributed by atoms with Gasteiger partial charge in [0, 0.05) is 9.75 Å². The Bertz CT molecular complexity index is 854. The molecule has 0 aliphatic rings. The van der Waals surface area contributed by atoms with Gasteiger partial charge in [-0.05, 0) is 72.5 Å². The zero-order valence-electron chi connectivity index (χ0n) is 14.6. The molecule has 5 heteroatoms. The Morgan fingerprint density at radius 1 is 0.720 bits per heavy atom. The van der Waals surface area contributed by atoms with Gasteiger partial charge in [-0.1, -0.05) is 0 Å². The molecule has 0 spiro atoms. The molecule has 25 heavy (non-hydrogen) atoms. The van der Waals surface area contributed by atoms with Gasteiger partial charge in [-0.3, -0.25) is 0 Å². The van der Waals surface area contributed by atoms with Gasteiger partial charge in [-0.15, -0.1) is 11.3 Å². The number of hydrogen-bond donors (Lipinski definition) is 2. The van der Waals surface area contributed by atoms with Crippen molar-refractivity contribution in [2.45, 2.75) is 13.8 Å². The second kappa shape index (κ2) is 6.69. The Hall–Kier alpha value is -2.66. The van der Waals surface area contributed by atoms with Crippen molar-refractivity contribution in [2.75, 3.05) is 14.2 Å². The standard InChI is InChI=1S/C20H20O4S/c1-11-12(2)20(14-6-8-16(22)18(10-14)24-4)25-19(11)13-5-7-15(21)17(9-13)23-3/h5-10,21-22H,1-4H3. The number of thiophene rings is 1. The van der Waals surface area contributed by atoms with E-state index in [1.165, 1.54) is 11.1 Å². The quantitative estimate of drug-likeness (QED) is 0.680. The summed E-state index contributed by atoms with van der Waals surface area (Å²) in [4.78, 5) is 2.25. The molecule has 1 heterocycles. The molecule has 0 aliphatic carbocycles. The number of ether oxygens (including phenoxy) is 2. The molecule has 2 N–H and O–H groups in total. The molecule has 3 rings (SSSR count). The SMILES string of the molecule is COc1cc(-c2sc(-c3ccc(O)c(OC)c3)c(C)c2C)ccc1O. The molecule has 0 saturated carbocycles. The van der Waals surface area contributed by atoms with Gasteiger partial charge >= 0.3 is 0 Å². The van der Waals surface area contributed by atoms with Gasteiger partial charge < -0.3 is 19.7 Å². The van der Waals surface area contributed by atoms with E-state index in [-0.39, 0.29) is 11.5 Å². The van der Waals surface area contributed by atoms with Crippen LogP contribution in [0.15, 0.2) is 36.4 Å². The minimum atomic E-state index is 0.126. The first kappa shape index (κ1) is 17.2. The second-order valence-electron chi connectivity index (χ2n) is 5.78. The third-order valence-electron chi connectivity index (χ3n) is 4.33. The van der Waals surface area contributed by atoms with E-state index < -0.39 is 0 Å². The Kier molecular flexibility index (Phi) is 4.59. The van der Waals surface area contributed by atoms with E-state index >= 15 is 0 Å². The fourth-order valence-electron chi connectivity index (χ4n) is 2.78. The monoisotopic (exact) mass is 356 g/mol. The van der Waals surface area contributed by atoms with Crippen LogP contribution in [-0.2, 0) is 0 Å². The van der Waals surface area contributed by atoms with Gasteiger partial charge in [0.15, 0.2) is 23.0 Å². The molecule has 0 amide bonds. The lowest BCUT2D eigenvalue weighted by Gasteiger charge is -2.06. The van der Waals surface area contributed by atoms with E-state index in [1.54, 1.807) is 37.7 Å². The maximum Gasteiger partial charge on any atom is 0.161 e. The highest BCUT2D eigenvalue weighted by atomic mass is 32.1. The molecule has 0 aliphatic heterocycles. The number of phenols is 2. The Morgan fingerprint density at radius 2 is 1.12 bits per heavy atom. The van der Waals surface area contributed by atoms with Crippen molar-refractivity contribution in [3.8, 4) is 43.9 Å². The van der Waals surface area contributed by atoms with Crippen molar-refractivity contribution >= 4 is 11.3 Å².